The van der Waals surface area contributed by atoms with Gasteiger partial charge < -0.3 is 4.74 Å². The highest BCUT2D eigenvalue weighted by Crippen LogP contribution is 2.38. The number of methoxy groups -OCH3 is 1. The summed E-state index contributed by atoms with van der Waals surface area (Å²) in [5, 5.41) is 0. The van der Waals surface area contributed by atoms with Crippen molar-refractivity contribution >= 4 is 12.0 Å². The van der Waals surface area contributed by atoms with Crippen molar-refractivity contribution in [2.45, 2.75) is 12.8 Å². The van der Waals surface area contributed by atoms with Crippen LogP contribution in [0.25, 0.3) is 6.08 Å². The van der Waals surface area contributed by atoms with Gasteiger partial charge in [0.05, 0.1) is 7.11 Å². The van der Waals surface area contributed by atoms with E-state index >= 15 is 0 Å². The number of hydrogen-bond acceptors (Lipinski definition) is 2. The molecule has 0 radical (unpaired) electrons. The van der Waals surface area contributed by atoms with E-state index < -0.39 is 0 Å². The summed E-state index contributed by atoms with van der Waals surface area (Å²) < 4.78 is 4.60. The fraction of sp³-hybridized carbons (Fsp3) is 0.267. The van der Waals surface area contributed by atoms with Gasteiger partial charge in [-0.15, -0.1) is 0 Å². The van der Waals surface area contributed by atoms with Crippen LogP contribution in [-0.4, -0.2) is 13.1 Å². The molecule has 0 amide bonds. The summed E-state index contributed by atoms with van der Waals surface area (Å²) in [5.41, 5.74) is 2.38. The van der Waals surface area contributed by atoms with Gasteiger partial charge in [0.25, 0.3) is 0 Å². The monoisotopic (exact) mass is 228 g/mol. The topological polar surface area (TPSA) is 26.3 Å². The van der Waals surface area contributed by atoms with Crippen LogP contribution in [0.5, 0.6) is 0 Å². The van der Waals surface area contributed by atoms with Crippen molar-refractivity contribution in [3.8, 4) is 0 Å². The molecule has 0 spiro atoms. The molecule has 0 unspecified atom stereocenters. The van der Waals surface area contributed by atoms with Crippen molar-refractivity contribution < 1.29 is 9.53 Å². The Kier molecular flexibility index (Phi) is 3.76. The van der Waals surface area contributed by atoms with Crippen molar-refractivity contribution in [3.05, 3.63) is 53.6 Å². The molecule has 1 aromatic rings. The van der Waals surface area contributed by atoms with Gasteiger partial charge in [0.1, 0.15) is 0 Å². The molecule has 2 rings (SSSR count). The van der Waals surface area contributed by atoms with Crippen molar-refractivity contribution in [2.24, 2.45) is 5.92 Å². The van der Waals surface area contributed by atoms with Crippen LogP contribution in [0.4, 0.5) is 0 Å². The van der Waals surface area contributed by atoms with Crippen LogP contribution in [0, 0.1) is 5.92 Å². The Labute approximate surface area is 102 Å². The molecule has 0 bridgehead atoms. The number of allylic oxidation sites excluding steroid dienone is 2. The first-order valence-corrected chi connectivity index (χ1v) is 5.82. The Morgan fingerprint density at radius 1 is 1.24 bits per heavy atom. The molecule has 88 valence electrons. The van der Waals surface area contributed by atoms with Gasteiger partial charge in [0.2, 0.25) is 0 Å². The Hall–Kier alpha value is -1.83. The molecule has 1 aliphatic carbocycles. The molecule has 0 heterocycles. The van der Waals surface area contributed by atoms with E-state index in [-0.39, 0.29) is 5.97 Å². The van der Waals surface area contributed by atoms with Gasteiger partial charge in [-0.05, 0) is 29.9 Å². The van der Waals surface area contributed by atoms with Crippen LogP contribution in [0.15, 0.2) is 48.1 Å². The molecule has 0 aromatic heterocycles. The summed E-state index contributed by atoms with van der Waals surface area (Å²) in [7, 11) is 1.39. The predicted molar refractivity (Wildman–Crippen MR) is 68.3 cm³/mol. The Bertz CT molecular complexity index is 439. The second kappa shape index (κ2) is 5.48. The zero-order chi connectivity index (χ0) is 12.1. The van der Waals surface area contributed by atoms with Gasteiger partial charge in [0, 0.05) is 6.08 Å². The number of carbonyl (C=O) groups is 1. The maximum Gasteiger partial charge on any atom is 0.330 e. The molecule has 0 atom stereocenters. The summed E-state index contributed by atoms with van der Waals surface area (Å²) in [6, 6.07) is 10.2. The van der Waals surface area contributed by atoms with E-state index in [9.17, 15) is 4.79 Å². The van der Waals surface area contributed by atoms with Crippen molar-refractivity contribution in [2.75, 3.05) is 7.11 Å². The zero-order valence-electron chi connectivity index (χ0n) is 9.93. The summed E-state index contributed by atoms with van der Waals surface area (Å²) >= 11 is 0. The second-order valence-electron chi connectivity index (χ2n) is 4.19. The third kappa shape index (κ3) is 3.59. The van der Waals surface area contributed by atoms with E-state index in [2.05, 4.69) is 22.9 Å². The number of esters is 1. The second-order valence-corrected chi connectivity index (χ2v) is 4.19. The minimum Gasteiger partial charge on any atom is -0.466 e. The molecule has 1 aliphatic rings. The van der Waals surface area contributed by atoms with Gasteiger partial charge in [-0.3, -0.25) is 0 Å². The maximum absolute atomic E-state index is 11.1. The first-order valence-electron chi connectivity index (χ1n) is 5.82. The van der Waals surface area contributed by atoms with E-state index in [1.54, 1.807) is 0 Å². The third-order valence-corrected chi connectivity index (χ3v) is 2.79. The SMILES string of the molecule is COC(=O)/C=C/C(=C/c1ccccc1)C1CC1. The highest BCUT2D eigenvalue weighted by atomic mass is 16.5. The predicted octanol–water partition coefficient (Wildman–Crippen LogP) is 3.21. The maximum atomic E-state index is 11.1. The summed E-state index contributed by atoms with van der Waals surface area (Å²) in [6.07, 6.45) is 7.93. The summed E-state index contributed by atoms with van der Waals surface area (Å²) in [5.74, 6) is 0.306. The van der Waals surface area contributed by atoms with E-state index in [1.165, 1.54) is 37.2 Å². The lowest BCUT2D eigenvalue weighted by molar-refractivity contribution is -0.134. The largest absolute Gasteiger partial charge is 0.466 e. The van der Waals surface area contributed by atoms with E-state index in [0.29, 0.717) is 5.92 Å². The average molecular weight is 228 g/mol. The molecule has 1 saturated carbocycles. The standard InChI is InChI=1S/C15H16O2/c1-17-15(16)10-9-14(13-7-8-13)11-12-5-3-2-4-6-12/h2-6,9-11,13H,7-8H2,1H3/b10-9+,14-11-. The molecule has 2 heteroatoms. The highest BCUT2D eigenvalue weighted by molar-refractivity contribution is 5.82. The molecule has 2 nitrogen and oxygen atoms in total. The molecule has 1 fully saturated rings. The minimum atomic E-state index is -0.301. The van der Waals surface area contributed by atoms with Crippen LogP contribution in [0.2, 0.25) is 0 Å². The first kappa shape index (κ1) is 11.6. The smallest absolute Gasteiger partial charge is 0.330 e. The third-order valence-electron chi connectivity index (χ3n) is 2.79. The van der Waals surface area contributed by atoms with Crippen molar-refractivity contribution in [1.82, 2.24) is 0 Å². The van der Waals surface area contributed by atoms with Crippen LogP contribution >= 0.6 is 0 Å². The molecular weight excluding hydrogens is 212 g/mol. The van der Waals surface area contributed by atoms with E-state index in [0.717, 1.165) is 0 Å². The molecule has 1 aromatic carbocycles. The van der Waals surface area contributed by atoms with Gasteiger partial charge in [0.15, 0.2) is 0 Å². The highest BCUT2D eigenvalue weighted by Gasteiger charge is 2.24. The average Bonchev–Trinajstić information content (AvgIpc) is 3.19. The minimum absolute atomic E-state index is 0.301. The molecule has 17 heavy (non-hydrogen) atoms. The lowest BCUT2D eigenvalue weighted by Gasteiger charge is -2.00. The Morgan fingerprint density at radius 3 is 2.53 bits per heavy atom. The number of rotatable bonds is 4. The number of carbonyl (C=O) groups excluding carboxylic acids is 1. The number of benzene rings is 1. The molecule has 0 saturated heterocycles. The van der Waals surface area contributed by atoms with Gasteiger partial charge in [-0.1, -0.05) is 42.5 Å². The van der Waals surface area contributed by atoms with Crippen LogP contribution in [0.1, 0.15) is 18.4 Å². The molecular formula is C15H16O2. The number of hydrogen-bond donors (Lipinski definition) is 0. The fourth-order valence-corrected chi connectivity index (χ4v) is 1.69. The lowest BCUT2D eigenvalue weighted by atomic mass is 10.1. The Morgan fingerprint density at radius 2 is 1.94 bits per heavy atom. The lowest BCUT2D eigenvalue weighted by Crippen LogP contribution is -1.94. The fourth-order valence-electron chi connectivity index (χ4n) is 1.69. The van der Waals surface area contributed by atoms with Gasteiger partial charge in [-0.25, -0.2) is 4.79 Å². The Balaban J connectivity index is 2.15. The van der Waals surface area contributed by atoms with Crippen molar-refractivity contribution in [3.63, 3.8) is 0 Å². The zero-order valence-corrected chi connectivity index (χ0v) is 9.93. The first-order chi connectivity index (χ1) is 8.29. The summed E-state index contributed by atoms with van der Waals surface area (Å²) in [6.45, 7) is 0. The van der Waals surface area contributed by atoms with Crippen LogP contribution in [-0.2, 0) is 9.53 Å². The van der Waals surface area contributed by atoms with Gasteiger partial charge >= 0.3 is 5.97 Å². The van der Waals surface area contributed by atoms with Gasteiger partial charge in [-0.2, -0.15) is 0 Å². The summed E-state index contributed by atoms with van der Waals surface area (Å²) in [4.78, 5) is 11.1. The van der Waals surface area contributed by atoms with E-state index in [1.807, 2.05) is 24.3 Å². The van der Waals surface area contributed by atoms with Crippen LogP contribution < -0.4 is 0 Å². The molecule has 0 N–H and O–H groups in total. The molecule has 0 aliphatic heterocycles. The number of ether oxygens (including phenoxy) is 1. The quantitative estimate of drug-likeness (QED) is 0.449. The van der Waals surface area contributed by atoms with E-state index in [4.69, 9.17) is 0 Å². The van der Waals surface area contributed by atoms with Crippen LogP contribution in [0.3, 0.4) is 0 Å². The van der Waals surface area contributed by atoms with Crippen molar-refractivity contribution in [1.29, 1.82) is 0 Å². The normalized spacial score (nSPS) is 16.2.